The second-order valence-corrected chi connectivity index (χ2v) is 8.67. The van der Waals surface area contributed by atoms with Gasteiger partial charge in [0.15, 0.2) is 69.8 Å². The molecule has 46 heavy (non-hydrogen) atoms. The number of allylic oxidation sites excluding steroid dienone is 5. The molecule has 0 N–H and O–H groups in total. The van der Waals surface area contributed by atoms with Gasteiger partial charge in [-0.25, -0.2) is 52.7 Å². The third kappa shape index (κ3) is 4.49. The Morgan fingerprint density at radius 1 is 0.391 bits per heavy atom. The summed E-state index contributed by atoms with van der Waals surface area (Å²) in [5.74, 6) is -28.7. The zero-order valence-electron chi connectivity index (χ0n) is 21.3. The number of hydrogen-bond donors (Lipinski definition) is 0. The molecular formula is C29HF12N5. The van der Waals surface area contributed by atoms with Gasteiger partial charge in [0.05, 0.1) is 27.8 Å². The van der Waals surface area contributed by atoms with Crippen molar-refractivity contribution < 1.29 is 52.7 Å². The molecule has 0 heterocycles. The Morgan fingerprint density at radius 3 is 0.891 bits per heavy atom. The summed E-state index contributed by atoms with van der Waals surface area (Å²) in [6.07, 6.45) is -0.0321. The van der Waals surface area contributed by atoms with E-state index in [1.807, 2.05) is 0 Å². The van der Waals surface area contributed by atoms with Gasteiger partial charge in [-0.2, -0.15) is 26.3 Å². The summed E-state index contributed by atoms with van der Waals surface area (Å²) in [4.78, 5) is 0. The van der Waals surface area contributed by atoms with Gasteiger partial charge in [-0.15, -0.1) is 0 Å². The van der Waals surface area contributed by atoms with Gasteiger partial charge in [-0.1, -0.05) is 0 Å². The van der Waals surface area contributed by atoms with E-state index in [2.05, 4.69) is 0 Å². The number of hydrogen-bond acceptors (Lipinski definition) is 5. The van der Waals surface area contributed by atoms with Gasteiger partial charge < -0.3 is 0 Å². The Bertz CT molecular complexity index is 2080. The van der Waals surface area contributed by atoms with Crippen molar-refractivity contribution in [3.05, 3.63) is 120 Å². The van der Waals surface area contributed by atoms with Gasteiger partial charge in [-0.05, 0) is 11.6 Å². The molecule has 1 saturated carbocycles. The van der Waals surface area contributed by atoms with E-state index in [1.54, 1.807) is 0 Å². The van der Waals surface area contributed by atoms with Crippen LogP contribution in [0.2, 0.25) is 0 Å². The highest BCUT2D eigenvalue weighted by molar-refractivity contribution is 6.08. The van der Waals surface area contributed by atoms with Gasteiger partial charge in [-0.3, -0.25) is 0 Å². The highest BCUT2D eigenvalue weighted by Gasteiger charge is 2.43. The molecule has 0 aromatic heterocycles. The van der Waals surface area contributed by atoms with Crippen molar-refractivity contribution in [2.24, 2.45) is 0 Å². The Labute approximate surface area is 246 Å². The molecule has 0 radical (unpaired) electrons. The van der Waals surface area contributed by atoms with Gasteiger partial charge in [0.1, 0.15) is 47.0 Å². The van der Waals surface area contributed by atoms with E-state index in [0.29, 0.717) is 0 Å². The van der Waals surface area contributed by atoms with Crippen LogP contribution in [-0.4, -0.2) is 0 Å². The third-order valence-corrected chi connectivity index (χ3v) is 6.40. The van der Waals surface area contributed by atoms with E-state index in [4.69, 9.17) is 15.8 Å². The highest BCUT2D eigenvalue weighted by Crippen LogP contribution is 2.55. The van der Waals surface area contributed by atoms with Crippen molar-refractivity contribution in [3.8, 4) is 30.3 Å². The van der Waals surface area contributed by atoms with Crippen LogP contribution in [0.1, 0.15) is 33.4 Å². The molecule has 4 rings (SSSR count). The molecule has 0 aliphatic heterocycles. The lowest BCUT2D eigenvalue weighted by Crippen LogP contribution is -2.06. The molecule has 0 spiro atoms. The summed E-state index contributed by atoms with van der Waals surface area (Å²) in [5.41, 5.74) is -18.1. The van der Waals surface area contributed by atoms with Crippen molar-refractivity contribution in [1.29, 1.82) is 26.3 Å². The maximum atomic E-state index is 14.9. The van der Waals surface area contributed by atoms with Crippen LogP contribution in [-0.2, 0) is 0 Å². The lowest BCUT2D eigenvalue weighted by molar-refractivity contribution is 0.446. The van der Waals surface area contributed by atoms with E-state index in [-0.39, 0.29) is 6.08 Å². The fourth-order valence-electron chi connectivity index (χ4n) is 4.26. The number of nitriles is 5. The van der Waals surface area contributed by atoms with Crippen LogP contribution in [0.4, 0.5) is 52.7 Å². The smallest absolute Gasteiger partial charge is 0.180 e. The van der Waals surface area contributed by atoms with E-state index in [1.165, 1.54) is 0 Å². The maximum absolute atomic E-state index is 14.9. The molecule has 226 valence electrons. The predicted octanol–water partition coefficient (Wildman–Crippen LogP) is 7.32. The van der Waals surface area contributed by atoms with Crippen LogP contribution in [0.3, 0.4) is 0 Å². The zero-order valence-corrected chi connectivity index (χ0v) is 21.3. The first-order chi connectivity index (χ1) is 21.7. The largest absolute Gasteiger partial charge is 0.203 e. The lowest BCUT2D eigenvalue weighted by atomic mass is 9.99. The minimum absolute atomic E-state index is 0.0321. The Balaban J connectivity index is 2.27. The van der Waals surface area contributed by atoms with Gasteiger partial charge in [0.2, 0.25) is 0 Å². The fraction of sp³-hybridized carbons (Fsp3) is 0. The topological polar surface area (TPSA) is 119 Å². The molecule has 0 unspecified atom stereocenters. The Kier molecular flexibility index (Phi) is 8.12. The van der Waals surface area contributed by atoms with Crippen LogP contribution in [0.15, 0.2) is 16.7 Å². The fourth-order valence-corrected chi connectivity index (χ4v) is 4.26. The van der Waals surface area contributed by atoms with Crippen LogP contribution in [0.25, 0.3) is 17.2 Å². The summed E-state index contributed by atoms with van der Waals surface area (Å²) in [6, 6.07) is 4.42. The Hall–Kier alpha value is -6.51. The van der Waals surface area contributed by atoms with Crippen molar-refractivity contribution in [3.63, 3.8) is 0 Å². The molecule has 17 heteroatoms. The van der Waals surface area contributed by atoms with Crippen LogP contribution in [0, 0.1) is 126 Å². The molecule has 0 atom stereocenters. The normalized spacial score (nSPS) is 15.0. The number of rotatable bonds is 3. The monoisotopic (exact) mass is 647 g/mol. The minimum atomic E-state index is -2.45. The van der Waals surface area contributed by atoms with E-state index in [9.17, 15) is 63.2 Å². The first-order valence-electron chi connectivity index (χ1n) is 11.5. The Morgan fingerprint density at radius 2 is 0.652 bits per heavy atom. The highest BCUT2D eigenvalue weighted by atomic mass is 19.2. The quantitative estimate of drug-likeness (QED) is 0.168. The zero-order chi connectivity index (χ0) is 34.5. The van der Waals surface area contributed by atoms with E-state index < -0.39 is 131 Å². The van der Waals surface area contributed by atoms with Crippen molar-refractivity contribution >= 4 is 17.2 Å². The van der Waals surface area contributed by atoms with Crippen LogP contribution < -0.4 is 0 Å². The summed E-state index contributed by atoms with van der Waals surface area (Å²) >= 11 is 0. The molecule has 1 aliphatic carbocycles. The number of halogens is 12. The third-order valence-electron chi connectivity index (χ3n) is 6.40. The van der Waals surface area contributed by atoms with Gasteiger partial charge >= 0.3 is 0 Å². The van der Waals surface area contributed by atoms with Crippen molar-refractivity contribution in [1.82, 2.24) is 0 Å². The average molecular weight is 647 g/mol. The number of nitrogens with zero attached hydrogens (tertiary/aromatic N) is 5. The first-order valence-corrected chi connectivity index (χ1v) is 11.5. The van der Waals surface area contributed by atoms with Gasteiger partial charge in [0.25, 0.3) is 0 Å². The summed E-state index contributed by atoms with van der Waals surface area (Å²) in [7, 11) is 0. The van der Waals surface area contributed by atoms with E-state index >= 15 is 0 Å². The molecule has 0 amide bonds. The molecule has 3 aromatic rings. The van der Waals surface area contributed by atoms with Gasteiger partial charge in [0, 0.05) is 11.1 Å². The summed E-state index contributed by atoms with van der Waals surface area (Å²) in [6.45, 7) is 0. The van der Waals surface area contributed by atoms with Crippen molar-refractivity contribution in [2.75, 3.05) is 0 Å². The maximum Gasteiger partial charge on any atom is 0.180 e. The first kappa shape index (κ1) is 32.4. The average Bonchev–Trinajstić information content (AvgIpc) is 3.73. The molecule has 5 nitrogen and oxygen atoms in total. The minimum Gasteiger partial charge on any atom is -0.203 e. The van der Waals surface area contributed by atoms with Crippen molar-refractivity contribution in [2.45, 2.75) is 0 Å². The molecule has 0 bridgehead atoms. The standard InChI is InChI=1S/C29HF12N5/c30-18-8(19(31)21(33)11(4-44)20(18)32)1-7-14(9(2-42)16-26(38)22(34)12(5-45)23(35)27(16)39)15(7)10(3-43)17-28(40)24(36)13(6-46)25(37)29(17)41/h1H/b7-1?,14-9-,15-10+. The lowest BCUT2D eigenvalue weighted by Gasteiger charge is -2.08. The van der Waals surface area contributed by atoms with Crippen LogP contribution in [0.5, 0.6) is 0 Å². The molecule has 1 aliphatic rings. The molecule has 0 saturated heterocycles. The second kappa shape index (κ2) is 11.5. The molecule has 1 fully saturated rings. The predicted molar refractivity (Wildman–Crippen MR) is 126 cm³/mol. The van der Waals surface area contributed by atoms with E-state index in [0.717, 1.165) is 30.3 Å². The number of benzene rings is 3. The SMILES string of the molecule is N#C/C(=C1/C(=Cc2c(F)c(F)c(C#N)c(F)c2F)/C1=C(\C#N)c1c(F)c(F)c(C#N)c(F)c1F)c1c(F)c(F)c(C#N)c(F)c1F. The molecular weight excluding hydrogens is 646 g/mol. The molecule has 3 aromatic carbocycles. The van der Waals surface area contributed by atoms with Crippen LogP contribution >= 0.6 is 0 Å². The summed E-state index contributed by atoms with van der Waals surface area (Å²) < 4.78 is 175. The summed E-state index contributed by atoms with van der Waals surface area (Å²) in [5, 5.41) is 45.8. The second-order valence-electron chi connectivity index (χ2n) is 8.67.